The fourth-order valence-corrected chi connectivity index (χ4v) is 8.67. The zero-order valence-electron chi connectivity index (χ0n) is 25.6. The number of anilines is 1. The number of hydrogen-bond acceptors (Lipinski definition) is 10. The van der Waals surface area contributed by atoms with Crippen molar-refractivity contribution in [2.24, 2.45) is 5.92 Å². The van der Waals surface area contributed by atoms with E-state index in [1.54, 1.807) is 25.6 Å². The van der Waals surface area contributed by atoms with Crippen LogP contribution in [0.25, 0.3) is 33.1 Å². The number of fused-ring (bicyclic) bond motifs is 6. The van der Waals surface area contributed by atoms with Crippen molar-refractivity contribution in [2.75, 3.05) is 51.4 Å². The monoisotopic (exact) mass is 666 g/mol. The normalized spacial score (nSPS) is 30.1. The van der Waals surface area contributed by atoms with E-state index in [0.29, 0.717) is 65.2 Å². The van der Waals surface area contributed by atoms with Gasteiger partial charge in [-0.25, -0.2) is 13.6 Å². The van der Waals surface area contributed by atoms with Gasteiger partial charge in [-0.15, -0.1) is 0 Å². The van der Waals surface area contributed by atoms with E-state index < -0.39 is 29.7 Å². The van der Waals surface area contributed by atoms with E-state index in [1.807, 2.05) is 4.90 Å². The number of ether oxygens (including phenoxy) is 3. The molecule has 12 nitrogen and oxygen atoms in total. The Labute approximate surface area is 273 Å². The number of aromatic nitrogens is 5. The van der Waals surface area contributed by atoms with Gasteiger partial charge in [0.05, 0.1) is 41.4 Å². The van der Waals surface area contributed by atoms with E-state index in [2.05, 4.69) is 25.4 Å². The first-order chi connectivity index (χ1) is 22.8. The van der Waals surface area contributed by atoms with E-state index in [1.165, 1.54) is 0 Å². The average Bonchev–Trinajstić information content (AvgIpc) is 3.38. The molecule has 4 fully saturated rings. The fourth-order valence-electron chi connectivity index (χ4n) is 8.33. The average molecular weight is 667 g/mol. The minimum Gasteiger partial charge on any atom is -0.461 e. The first-order valence-corrected chi connectivity index (χ1v) is 16.4. The quantitative estimate of drug-likeness (QED) is 0.324. The number of aromatic amines is 1. The Balaban J connectivity index is 1.22. The highest BCUT2D eigenvalue weighted by atomic mass is 35.5. The molecule has 5 aliphatic heterocycles. The van der Waals surface area contributed by atoms with Crippen molar-refractivity contribution in [3.8, 4) is 17.3 Å². The topological polar surface area (TPSA) is 131 Å². The van der Waals surface area contributed by atoms with Crippen molar-refractivity contribution in [2.45, 2.75) is 55.5 Å². The Hall–Kier alpha value is -3.88. The van der Waals surface area contributed by atoms with Crippen LogP contribution in [0.2, 0.25) is 5.02 Å². The third kappa shape index (κ3) is 4.70. The number of halogens is 3. The Bertz CT molecular complexity index is 1930. The fraction of sp³-hybridized carbons (Fsp3) is 0.531. The third-order valence-electron chi connectivity index (χ3n) is 10.7. The van der Waals surface area contributed by atoms with Crippen LogP contribution in [0.1, 0.15) is 37.2 Å². The van der Waals surface area contributed by atoms with Gasteiger partial charge in [-0.1, -0.05) is 11.6 Å². The summed E-state index contributed by atoms with van der Waals surface area (Å²) >= 11 is 6.88. The molecule has 6 aliphatic rings. The Morgan fingerprint density at radius 1 is 1.21 bits per heavy atom. The summed E-state index contributed by atoms with van der Waals surface area (Å²) in [5.41, 5.74) is 1.57. The SMILES string of the molecule is CO[C@@H]1CN2C[C@@H]1NC(=O)OC[C@H]1C[C@H]1c1c(Cl)cc3[nH]ncc3c1-c1ncc3c2nc(OCC24CCCN2C[C@H](F)C4)nc3c1F. The van der Waals surface area contributed by atoms with Gasteiger partial charge in [0.25, 0.3) is 0 Å². The predicted molar refractivity (Wildman–Crippen MR) is 168 cm³/mol. The van der Waals surface area contributed by atoms with Crippen LogP contribution in [0.15, 0.2) is 18.5 Å². The number of carbonyl (C=O) groups is 1. The molecule has 6 bridgehead atoms. The summed E-state index contributed by atoms with van der Waals surface area (Å²) in [4.78, 5) is 31.1. The molecule has 1 aromatic carbocycles. The second-order valence-corrected chi connectivity index (χ2v) is 13.9. The smallest absolute Gasteiger partial charge is 0.407 e. The summed E-state index contributed by atoms with van der Waals surface area (Å²) < 4.78 is 49.3. The van der Waals surface area contributed by atoms with Gasteiger partial charge in [0, 0.05) is 61.3 Å². The number of alkyl halides is 1. The molecular weight excluding hydrogens is 634 g/mol. The molecule has 2 N–H and O–H groups in total. The van der Waals surface area contributed by atoms with Crippen LogP contribution in [0, 0.1) is 11.7 Å². The summed E-state index contributed by atoms with van der Waals surface area (Å²) in [6.07, 6.45) is 4.22. The van der Waals surface area contributed by atoms with Crippen LogP contribution in [0.3, 0.4) is 0 Å². The molecular formula is C32H33ClF2N8O4. The molecule has 15 heteroatoms. The van der Waals surface area contributed by atoms with Gasteiger partial charge in [0.2, 0.25) is 0 Å². The number of pyridine rings is 1. The molecule has 47 heavy (non-hydrogen) atoms. The number of hydrogen-bond donors (Lipinski definition) is 2. The van der Waals surface area contributed by atoms with Crippen molar-refractivity contribution >= 4 is 45.3 Å². The number of nitrogens with zero attached hydrogens (tertiary/aromatic N) is 6. The van der Waals surface area contributed by atoms with Gasteiger partial charge < -0.3 is 24.4 Å². The minimum atomic E-state index is -0.922. The molecule has 246 valence electrons. The van der Waals surface area contributed by atoms with Crippen LogP contribution < -0.4 is 15.0 Å². The van der Waals surface area contributed by atoms with Crippen molar-refractivity contribution in [1.82, 2.24) is 35.4 Å². The van der Waals surface area contributed by atoms with E-state index in [0.717, 1.165) is 24.9 Å². The Kier molecular flexibility index (Phi) is 6.74. The number of alkyl carbamates (subject to hydrolysis) is 1. The highest BCUT2D eigenvalue weighted by Crippen LogP contribution is 2.54. The maximum atomic E-state index is 17.1. The predicted octanol–water partition coefficient (Wildman–Crippen LogP) is 4.36. The van der Waals surface area contributed by atoms with E-state index in [9.17, 15) is 9.18 Å². The van der Waals surface area contributed by atoms with Gasteiger partial charge in [0.1, 0.15) is 29.8 Å². The van der Waals surface area contributed by atoms with E-state index >= 15 is 4.39 Å². The minimum absolute atomic E-state index is 0.000892. The summed E-state index contributed by atoms with van der Waals surface area (Å²) in [5.74, 6) is -0.325. The second kappa shape index (κ2) is 10.8. The zero-order valence-corrected chi connectivity index (χ0v) is 26.4. The maximum Gasteiger partial charge on any atom is 0.407 e. The molecule has 0 radical (unpaired) electrons. The summed E-state index contributed by atoms with van der Waals surface area (Å²) in [5, 5.41) is 11.6. The number of H-pyrrole nitrogens is 1. The van der Waals surface area contributed by atoms with Crippen molar-refractivity contribution < 1.29 is 27.8 Å². The molecule has 8 heterocycles. The number of benzene rings is 1. The lowest BCUT2D eigenvalue weighted by Crippen LogP contribution is -2.44. The van der Waals surface area contributed by atoms with E-state index in [4.69, 9.17) is 35.8 Å². The first-order valence-electron chi connectivity index (χ1n) is 16.1. The van der Waals surface area contributed by atoms with Gasteiger partial charge in [-0.3, -0.25) is 15.0 Å². The van der Waals surface area contributed by atoms with Crippen LogP contribution in [0.4, 0.5) is 19.4 Å². The molecule has 10 rings (SSSR count). The molecule has 1 aliphatic carbocycles. The maximum absolute atomic E-state index is 17.1. The van der Waals surface area contributed by atoms with Crippen LogP contribution in [-0.4, -0.2) is 107 Å². The molecule has 4 aromatic rings. The van der Waals surface area contributed by atoms with Crippen molar-refractivity contribution in [3.05, 3.63) is 34.9 Å². The Morgan fingerprint density at radius 3 is 2.98 bits per heavy atom. The molecule has 1 unspecified atom stereocenters. The van der Waals surface area contributed by atoms with Crippen LogP contribution in [-0.2, 0) is 9.47 Å². The first kappa shape index (κ1) is 29.3. The number of carbonyl (C=O) groups excluding carboxylic acids is 1. The molecule has 0 spiro atoms. The number of rotatable bonds is 4. The number of methoxy groups -OCH3 is 1. The molecule has 6 atom stereocenters. The summed E-state index contributed by atoms with van der Waals surface area (Å²) in [6.45, 7) is 2.24. The standard InChI is InChI=1S/C32H33ClF2N8O4/c1-45-23-12-42-11-22(23)38-31(44)46-13-15-5-17(15)24-20(33)6-21-18(9-37-41-21)25(24)28-26(35)27-19(8-36-28)29(42)40-30(39-27)47-14-32-3-2-4-43(32)10-16(34)7-32/h6,8-9,15-17,22-23H,2-5,7,10-14H2,1H3,(H,37,41)(H,38,44)/t15-,16-,17-,22+,23-,32?/m1/s1. The summed E-state index contributed by atoms with van der Waals surface area (Å²) in [6, 6.07) is 1.35. The van der Waals surface area contributed by atoms with Gasteiger partial charge in [0.15, 0.2) is 5.82 Å². The van der Waals surface area contributed by atoms with Gasteiger partial charge >= 0.3 is 12.1 Å². The van der Waals surface area contributed by atoms with Crippen LogP contribution in [0.5, 0.6) is 6.01 Å². The number of nitrogens with one attached hydrogen (secondary N) is 2. The highest BCUT2D eigenvalue weighted by Gasteiger charge is 2.50. The third-order valence-corrected chi connectivity index (χ3v) is 11.1. The van der Waals surface area contributed by atoms with E-state index in [-0.39, 0.29) is 48.4 Å². The van der Waals surface area contributed by atoms with Crippen LogP contribution >= 0.6 is 11.6 Å². The molecule has 1 amide bonds. The Morgan fingerprint density at radius 2 is 2.11 bits per heavy atom. The second-order valence-electron chi connectivity index (χ2n) is 13.5. The lowest BCUT2D eigenvalue weighted by Gasteiger charge is -2.31. The van der Waals surface area contributed by atoms with Crippen molar-refractivity contribution in [1.29, 1.82) is 0 Å². The zero-order chi connectivity index (χ0) is 32.0. The molecule has 3 aromatic heterocycles. The largest absolute Gasteiger partial charge is 0.461 e. The molecule has 3 saturated heterocycles. The van der Waals surface area contributed by atoms with Crippen molar-refractivity contribution in [3.63, 3.8) is 0 Å². The lowest BCUT2D eigenvalue weighted by atomic mass is 9.94. The molecule has 1 saturated carbocycles. The summed E-state index contributed by atoms with van der Waals surface area (Å²) in [7, 11) is 1.58. The number of amides is 1. The van der Waals surface area contributed by atoms with Gasteiger partial charge in [-0.2, -0.15) is 15.1 Å². The lowest BCUT2D eigenvalue weighted by molar-refractivity contribution is 0.0871. The highest BCUT2D eigenvalue weighted by molar-refractivity contribution is 6.33. The van der Waals surface area contributed by atoms with Gasteiger partial charge in [-0.05, 0) is 43.4 Å².